The lowest BCUT2D eigenvalue weighted by atomic mass is 10.1. The van der Waals surface area contributed by atoms with Gasteiger partial charge in [0, 0.05) is 0 Å². The van der Waals surface area contributed by atoms with Gasteiger partial charge in [-0.3, -0.25) is 4.57 Å². The second-order valence-corrected chi connectivity index (χ2v) is 5.23. The molecule has 3 heterocycles. The molecule has 0 aliphatic carbocycles. The van der Waals surface area contributed by atoms with Crippen molar-refractivity contribution in [2.75, 3.05) is 27.0 Å². The number of hydrogen-bond donors (Lipinski definition) is 5. The van der Waals surface area contributed by atoms with Crippen LogP contribution >= 0.6 is 0 Å². The van der Waals surface area contributed by atoms with Crippen LogP contribution in [0.3, 0.4) is 0 Å². The fraction of sp³-hybridized carbons (Fsp3) is 0.667. The molecule has 10 nitrogen and oxygen atoms in total. The second kappa shape index (κ2) is 5.82. The molecule has 10 heteroatoms. The van der Waals surface area contributed by atoms with E-state index in [-0.39, 0.29) is 17.9 Å². The van der Waals surface area contributed by atoms with E-state index in [4.69, 9.17) is 9.84 Å². The molecule has 2 aliphatic heterocycles. The van der Waals surface area contributed by atoms with Gasteiger partial charge in [0.1, 0.15) is 25.0 Å². The first kappa shape index (κ1) is 15.2. The van der Waals surface area contributed by atoms with Crippen molar-refractivity contribution < 1.29 is 25.2 Å². The number of fused-ring (bicyclic) bond motifs is 1. The van der Waals surface area contributed by atoms with E-state index in [0.29, 0.717) is 12.2 Å². The molecule has 22 heavy (non-hydrogen) atoms. The summed E-state index contributed by atoms with van der Waals surface area (Å²) >= 11 is 0. The van der Waals surface area contributed by atoms with Crippen molar-refractivity contribution in [1.82, 2.24) is 19.8 Å². The highest BCUT2D eigenvalue weighted by molar-refractivity contribution is 5.30. The first-order valence-corrected chi connectivity index (χ1v) is 6.91. The van der Waals surface area contributed by atoms with Crippen LogP contribution in [0.1, 0.15) is 6.23 Å². The van der Waals surface area contributed by atoms with E-state index < -0.39 is 31.1 Å². The van der Waals surface area contributed by atoms with Crippen LogP contribution in [-0.4, -0.2) is 80.2 Å². The average molecular weight is 313 g/mol. The van der Waals surface area contributed by atoms with Crippen molar-refractivity contribution in [3.63, 3.8) is 0 Å². The second-order valence-electron chi connectivity index (χ2n) is 5.23. The summed E-state index contributed by atoms with van der Waals surface area (Å²) in [6.07, 6.45) is -2.83. The maximum absolute atomic E-state index is 10.2. The molecule has 2 aliphatic rings. The third-order valence-electron chi connectivity index (χ3n) is 3.81. The Morgan fingerprint density at radius 2 is 2.18 bits per heavy atom. The molecular weight excluding hydrogens is 294 g/mol. The smallest absolute Gasteiger partial charge is 0.220 e. The van der Waals surface area contributed by atoms with Crippen LogP contribution in [0, 0.1) is 0 Å². The topological polar surface area (TPSA) is 136 Å². The van der Waals surface area contributed by atoms with E-state index in [1.165, 1.54) is 10.9 Å². The molecule has 0 aromatic carbocycles. The Morgan fingerprint density at radius 1 is 1.41 bits per heavy atom. The Hall–Kier alpha value is -1.72. The van der Waals surface area contributed by atoms with Crippen LogP contribution in [0.25, 0.3) is 5.88 Å². The Bertz CT molecular complexity index is 661. The van der Waals surface area contributed by atoms with E-state index in [1.807, 2.05) is 0 Å². The third-order valence-corrected chi connectivity index (χ3v) is 3.81. The number of nitrogens with one attached hydrogen (secondary N) is 1. The third kappa shape index (κ3) is 2.25. The molecule has 0 saturated carbocycles. The Balaban J connectivity index is 1.98. The van der Waals surface area contributed by atoms with Gasteiger partial charge in [0.05, 0.1) is 19.6 Å². The monoisotopic (exact) mass is 313 g/mol. The Kier molecular flexibility index (Phi) is 4.02. The van der Waals surface area contributed by atoms with Gasteiger partial charge in [-0.2, -0.15) is 0 Å². The maximum Gasteiger partial charge on any atom is 0.220 e. The highest BCUT2D eigenvalue weighted by Crippen LogP contribution is 2.27. The Labute approximate surface area is 125 Å². The molecule has 3 rings (SSSR count). The minimum atomic E-state index is -1.22. The summed E-state index contributed by atoms with van der Waals surface area (Å²) in [5.41, 5.74) is 0.361. The van der Waals surface area contributed by atoms with Crippen molar-refractivity contribution in [2.24, 2.45) is 4.99 Å². The highest BCUT2D eigenvalue weighted by atomic mass is 16.6. The van der Waals surface area contributed by atoms with Gasteiger partial charge in [0.25, 0.3) is 0 Å². The molecule has 1 saturated heterocycles. The molecule has 1 aromatic heterocycles. The van der Waals surface area contributed by atoms with E-state index in [0.717, 1.165) is 0 Å². The fourth-order valence-electron chi connectivity index (χ4n) is 2.65. The number of aromatic nitrogens is 2. The molecular formula is C12H19N5O5. The number of rotatable bonds is 4. The van der Waals surface area contributed by atoms with E-state index in [2.05, 4.69) is 15.3 Å². The van der Waals surface area contributed by atoms with Gasteiger partial charge in [-0.05, 0) is 7.05 Å². The first-order chi connectivity index (χ1) is 10.6. The van der Waals surface area contributed by atoms with Gasteiger partial charge >= 0.3 is 0 Å². The van der Waals surface area contributed by atoms with Crippen LogP contribution in [0.5, 0.6) is 0 Å². The molecule has 0 amide bonds. The molecule has 1 aromatic rings. The normalized spacial score (nSPS) is 31.3. The number of imidazole rings is 1. The van der Waals surface area contributed by atoms with Crippen LogP contribution in [-0.2, 0) is 4.74 Å². The number of aliphatic hydroxyl groups is 4. The molecule has 1 fully saturated rings. The number of hydrogen-bond acceptors (Lipinski definition) is 9. The zero-order valence-corrected chi connectivity index (χ0v) is 12.0. The SMILES string of the molecule is CNCN1CN=c2c(ncn2[C@@H]2O[C@H](CO)[C@@H](O)[C@H]2O)=C1O. The summed E-state index contributed by atoms with van der Waals surface area (Å²) in [7, 11) is 1.75. The van der Waals surface area contributed by atoms with Crippen LogP contribution in [0.15, 0.2) is 11.3 Å². The predicted molar refractivity (Wildman–Crippen MR) is 72.7 cm³/mol. The van der Waals surface area contributed by atoms with E-state index in [1.54, 1.807) is 11.9 Å². The molecule has 0 unspecified atom stereocenters. The number of ether oxygens (including phenoxy) is 1. The molecule has 0 spiro atoms. The summed E-state index contributed by atoms with van der Waals surface area (Å²) in [6.45, 7) is 0.228. The van der Waals surface area contributed by atoms with Crippen molar-refractivity contribution >= 4 is 5.88 Å². The van der Waals surface area contributed by atoms with Gasteiger partial charge < -0.3 is 35.4 Å². The number of nitrogens with zero attached hydrogens (tertiary/aromatic N) is 4. The molecule has 4 atom stereocenters. The Morgan fingerprint density at radius 3 is 2.82 bits per heavy atom. The highest BCUT2D eigenvalue weighted by Gasteiger charge is 2.43. The standard InChI is InChI=1S/C12H19N5O5/c1-13-3-16-4-15-10-7(11(16)21)14-5-17(10)12-9(20)8(19)6(2-18)22-12/h5-6,8-9,12-13,18-21H,2-4H2,1H3/t6-,8-,9-,12-/m1/s1. The lowest BCUT2D eigenvalue weighted by Crippen LogP contribution is -2.46. The van der Waals surface area contributed by atoms with Gasteiger partial charge in [-0.1, -0.05) is 0 Å². The van der Waals surface area contributed by atoms with Gasteiger partial charge in [0.15, 0.2) is 17.1 Å². The maximum atomic E-state index is 10.2. The number of aliphatic hydroxyl groups excluding tert-OH is 4. The van der Waals surface area contributed by atoms with E-state index >= 15 is 0 Å². The van der Waals surface area contributed by atoms with Gasteiger partial charge in [-0.25, -0.2) is 9.98 Å². The van der Waals surface area contributed by atoms with E-state index in [9.17, 15) is 15.3 Å². The average Bonchev–Trinajstić information content (AvgIpc) is 3.05. The summed E-state index contributed by atoms with van der Waals surface area (Å²) in [5, 5.41) is 42.4. The van der Waals surface area contributed by atoms with Gasteiger partial charge in [0.2, 0.25) is 5.88 Å². The molecule has 5 N–H and O–H groups in total. The van der Waals surface area contributed by atoms with Crippen molar-refractivity contribution in [3.05, 3.63) is 17.2 Å². The van der Waals surface area contributed by atoms with Gasteiger partial charge in [-0.15, -0.1) is 0 Å². The van der Waals surface area contributed by atoms with Crippen LogP contribution in [0.4, 0.5) is 0 Å². The minimum absolute atomic E-state index is 0.0233. The van der Waals surface area contributed by atoms with Crippen molar-refractivity contribution in [1.29, 1.82) is 0 Å². The zero-order chi connectivity index (χ0) is 15.9. The molecule has 0 bridgehead atoms. The first-order valence-electron chi connectivity index (χ1n) is 6.91. The predicted octanol–water partition coefficient (Wildman–Crippen LogP) is -3.81. The lowest BCUT2D eigenvalue weighted by Gasteiger charge is -2.23. The van der Waals surface area contributed by atoms with Crippen LogP contribution in [0.2, 0.25) is 0 Å². The zero-order valence-electron chi connectivity index (χ0n) is 12.0. The van der Waals surface area contributed by atoms with Crippen molar-refractivity contribution in [2.45, 2.75) is 24.5 Å². The van der Waals surface area contributed by atoms with Crippen molar-refractivity contribution in [3.8, 4) is 0 Å². The quantitative estimate of drug-likeness (QED) is 0.382. The summed E-state index contributed by atoms with van der Waals surface area (Å²) in [5.74, 6) is -0.0233. The fourth-order valence-corrected chi connectivity index (χ4v) is 2.65. The summed E-state index contributed by atoms with van der Waals surface area (Å²) < 4.78 is 6.90. The largest absolute Gasteiger partial charge is 0.493 e. The molecule has 0 radical (unpaired) electrons. The molecule has 122 valence electrons. The lowest BCUT2D eigenvalue weighted by molar-refractivity contribution is -0.0546. The summed E-state index contributed by atoms with van der Waals surface area (Å²) in [4.78, 5) is 10.0. The minimum Gasteiger partial charge on any atom is -0.493 e. The van der Waals surface area contributed by atoms with Crippen LogP contribution < -0.4 is 16.2 Å². The summed E-state index contributed by atoms with van der Waals surface area (Å²) in [6, 6.07) is 0.